The summed E-state index contributed by atoms with van der Waals surface area (Å²) in [5.41, 5.74) is 5.18. The maximum Gasteiger partial charge on any atom is 0.250 e. The first-order valence-corrected chi connectivity index (χ1v) is 22.3. The van der Waals surface area contributed by atoms with E-state index >= 15 is 0 Å². The quantitative estimate of drug-likeness (QED) is 0.0759. The van der Waals surface area contributed by atoms with Gasteiger partial charge in [0, 0.05) is 53.9 Å². The van der Waals surface area contributed by atoms with Gasteiger partial charge in [0.15, 0.2) is 0 Å². The number of benzene rings is 4. The van der Waals surface area contributed by atoms with Gasteiger partial charge in [0.05, 0.1) is 0 Å². The number of carbonyl (C=O) groups excluding carboxylic acids is 6. The number of aromatic nitrogens is 1. The van der Waals surface area contributed by atoms with Gasteiger partial charge in [0.2, 0.25) is 35.4 Å². The molecule has 2 saturated carbocycles. The molecule has 4 atom stereocenters. The molecular weight excluding hydrogens is 795 g/mol. The fraction of sp³-hybridized carbons (Fsp3) is 0.360. The summed E-state index contributed by atoms with van der Waals surface area (Å²) in [6.07, 6.45) is 7.34. The van der Waals surface area contributed by atoms with Crippen molar-refractivity contribution in [2.75, 3.05) is 23.7 Å². The summed E-state index contributed by atoms with van der Waals surface area (Å²) in [6.45, 7) is 0.856. The number of amides is 6. The predicted octanol–water partition coefficient (Wildman–Crippen LogP) is 7.01. The highest BCUT2D eigenvalue weighted by Gasteiger charge is 2.40. The molecule has 9 rings (SSSR count). The predicted molar refractivity (Wildman–Crippen MR) is 240 cm³/mol. The minimum Gasteiger partial charge on any atom is -0.355 e. The summed E-state index contributed by atoms with van der Waals surface area (Å²) >= 11 is 0. The number of fused-ring (bicyclic) bond motifs is 1. The van der Waals surface area contributed by atoms with Crippen molar-refractivity contribution in [1.82, 2.24) is 25.4 Å². The molecule has 5 N–H and O–H groups in total. The molecule has 0 spiro atoms. The number of hydrogen-bond acceptors (Lipinski definition) is 6. The molecular formula is C50H53N7O6. The first-order valence-electron chi connectivity index (χ1n) is 22.3. The highest BCUT2D eigenvalue weighted by atomic mass is 16.2. The van der Waals surface area contributed by atoms with Crippen molar-refractivity contribution >= 4 is 57.7 Å². The lowest BCUT2D eigenvalue weighted by molar-refractivity contribution is -0.140. The van der Waals surface area contributed by atoms with Gasteiger partial charge >= 0.3 is 0 Å². The average Bonchev–Trinajstić information content (AvgIpc) is 4.10. The molecule has 1 aromatic heterocycles. The third-order valence-electron chi connectivity index (χ3n) is 12.7. The second-order valence-corrected chi connectivity index (χ2v) is 17.5. The molecule has 2 saturated heterocycles. The molecule has 3 heterocycles. The summed E-state index contributed by atoms with van der Waals surface area (Å²) in [6, 6.07) is 30.4. The van der Waals surface area contributed by atoms with E-state index in [1.807, 2.05) is 109 Å². The van der Waals surface area contributed by atoms with E-state index < -0.39 is 24.2 Å². The van der Waals surface area contributed by atoms with E-state index in [9.17, 15) is 28.8 Å². The minimum atomic E-state index is -0.866. The first kappa shape index (κ1) is 41.6. The number of aromatic amines is 1. The molecule has 2 aliphatic heterocycles. The maximum absolute atomic E-state index is 14.0. The molecule has 4 fully saturated rings. The number of nitrogens with zero attached hydrogens (tertiary/aromatic N) is 2. The van der Waals surface area contributed by atoms with E-state index in [1.54, 1.807) is 9.80 Å². The van der Waals surface area contributed by atoms with Crippen LogP contribution >= 0.6 is 0 Å². The molecule has 0 radical (unpaired) electrons. The van der Waals surface area contributed by atoms with Crippen molar-refractivity contribution in [2.45, 2.75) is 88.4 Å². The minimum absolute atomic E-state index is 0.150. The zero-order valence-corrected chi connectivity index (χ0v) is 35.2. The van der Waals surface area contributed by atoms with Crippen LogP contribution in [-0.2, 0) is 28.8 Å². The third-order valence-corrected chi connectivity index (χ3v) is 12.7. The van der Waals surface area contributed by atoms with Crippen LogP contribution in [0.4, 0.5) is 11.4 Å². The summed E-state index contributed by atoms with van der Waals surface area (Å²) in [4.78, 5) is 87.9. The Morgan fingerprint density at radius 3 is 1.52 bits per heavy atom. The van der Waals surface area contributed by atoms with Crippen LogP contribution in [0.2, 0.25) is 0 Å². The van der Waals surface area contributed by atoms with Crippen LogP contribution in [-0.4, -0.2) is 75.4 Å². The van der Waals surface area contributed by atoms with Gasteiger partial charge in [0.25, 0.3) is 0 Å². The lowest BCUT2D eigenvalue weighted by Gasteiger charge is -2.29. The van der Waals surface area contributed by atoms with Gasteiger partial charge in [-0.15, -0.1) is 0 Å². The Labute approximate surface area is 366 Å². The molecule has 6 amide bonds. The Balaban J connectivity index is 0.828. The average molecular weight is 848 g/mol. The van der Waals surface area contributed by atoms with Crippen molar-refractivity contribution in [2.24, 2.45) is 11.8 Å². The third kappa shape index (κ3) is 9.83. The van der Waals surface area contributed by atoms with Crippen molar-refractivity contribution < 1.29 is 28.8 Å². The number of carbonyl (C=O) groups is 6. The van der Waals surface area contributed by atoms with Crippen molar-refractivity contribution in [1.29, 1.82) is 0 Å². The van der Waals surface area contributed by atoms with Gasteiger partial charge in [-0.05, 0) is 116 Å². The fourth-order valence-corrected chi connectivity index (χ4v) is 8.96. The van der Waals surface area contributed by atoms with Gasteiger partial charge in [-0.25, -0.2) is 0 Å². The van der Waals surface area contributed by atoms with Crippen LogP contribution < -0.4 is 21.3 Å². The molecule has 4 aromatic carbocycles. The zero-order valence-electron chi connectivity index (χ0n) is 35.2. The van der Waals surface area contributed by atoms with Gasteiger partial charge in [-0.2, -0.15) is 0 Å². The second kappa shape index (κ2) is 18.3. The lowest BCUT2D eigenvalue weighted by Crippen LogP contribution is -2.48. The van der Waals surface area contributed by atoms with Crippen molar-refractivity contribution in [3.8, 4) is 11.3 Å². The number of H-pyrrole nitrogens is 1. The van der Waals surface area contributed by atoms with E-state index in [0.717, 1.165) is 47.8 Å². The van der Waals surface area contributed by atoms with Gasteiger partial charge in [0.1, 0.15) is 24.2 Å². The number of hydrogen-bond donors (Lipinski definition) is 5. The van der Waals surface area contributed by atoms with Gasteiger partial charge < -0.3 is 36.1 Å². The molecule has 63 heavy (non-hydrogen) atoms. The lowest BCUT2D eigenvalue weighted by atomic mass is 10.0. The summed E-state index contributed by atoms with van der Waals surface area (Å²) in [5, 5.41) is 12.8. The number of nitrogens with one attached hydrogen (secondary N) is 5. The Kier molecular flexibility index (Phi) is 12.1. The molecule has 1 unspecified atom stereocenters. The molecule has 2 aliphatic carbocycles. The normalized spacial score (nSPS) is 19.3. The van der Waals surface area contributed by atoms with Gasteiger partial charge in [-0.3, -0.25) is 28.8 Å². The summed E-state index contributed by atoms with van der Waals surface area (Å²) < 4.78 is 0. The first-order chi connectivity index (χ1) is 30.7. The van der Waals surface area contributed by atoms with E-state index in [-0.39, 0.29) is 35.4 Å². The Hall–Kier alpha value is -6.76. The highest BCUT2D eigenvalue weighted by Crippen LogP contribution is 2.35. The summed E-state index contributed by atoms with van der Waals surface area (Å²) in [7, 11) is 0. The monoisotopic (exact) mass is 847 g/mol. The smallest absolute Gasteiger partial charge is 0.250 e. The van der Waals surface area contributed by atoms with Crippen molar-refractivity contribution in [3.63, 3.8) is 0 Å². The fourth-order valence-electron chi connectivity index (χ4n) is 8.96. The Morgan fingerprint density at radius 2 is 1.03 bits per heavy atom. The molecule has 5 aromatic rings. The van der Waals surface area contributed by atoms with Crippen LogP contribution in [0.1, 0.15) is 87.4 Å². The zero-order chi connectivity index (χ0) is 43.5. The topological polar surface area (TPSA) is 173 Å². The van der Waals surface area contributed by atoms with Gasteiger partial charge in [-0.1, -0.05) is 72.8 Å². The number of anilines is 2. The Morgan fingerprint density at radius 1 is 0.556 bits per heavy atom. The maximum atomic E-state index is 14.0. The van der Waals surface area contributed by atoms with Crippen LogP contribution in [0, 0.1) is 11.8 Å². The van der Waals surface area contributed by atoms with E-state index in [0.29, 0.717) is 86.0 Å². The standard InChI is InChI=1S/C50H53N7O6/c58-43(27-31-15-16-31)54-45(34-9-3-1-4-10-34)49(62)56-25-7-13-41(56)47(60)51-37-21-19-33(20-22-37)40-30-36-29-38(23-24-39(36)53-40)52-48(61)42-14-8-26-57(42)50(63)46(35-11-5-2-6-12-35)55-44(59)28-32-17-18-32/h1-6,9-12,19-24,29-32,41-42,45-46,53H,7-8,13-18,25-28H2,(H,51,60)(H,52,61)(H,54,58)(H,55,59)/t41-,42?,45+,46-/m0/s1. The van der Waals surface area contributed by atoms with Crippen LogP contribution in [0.5, 0.6) is 0 Å². The second-order valence-electron chi connectivity index (χ2n) is 17.5. The molecule has 13 heteroatoms. The molecule has 0 bridgehead atoms. The SMILES string of the molecule is O=C(CC1CC1)N[C@H](C(=O)N1CCCC1C(=O)Nc1ccc2[nH]c(-c3ccc(NC(=O)[C@@H]4CCCN4C(=O)[C@H](NC(=O)CC4CC4)c4ccccc4)cc3)cc2c1)c1ccccc1. The van der Waals surface area contributed by atoms with E-state index in [2.05, 4.69) is 26.3 Å². The number of likely N-dealkylation sites (tertiary alicyclic amines) is 2. The summed E-state index contributed by atoms with van der Waals surface area (Å²) in [5.74, 6) is -0.663. The van der Waals surface area contributed by atoms with Crippen molar-refractivity contribution in [3.05, 3.63) is 120 Å². The Bertz CT molecular complexity index is 2500. The molecule has 4 aliphatic rings. The van der Waals surface area contributed by atoms with E-state index in [1.165, 1.54) is 0 Å². The van der Waals surface area contributed by atoms with E-state index in [4.69, 9.17) is 0 Å². The largest absolute Gasteiger partial charge is 0.355 e. The molecule has 324 valence electrons. The number of rotatable bonds is 15. The van der Waals surface area contributed by atoms with Crippen LogP contribution in [0.15, 0.2) is 109 Å². The van der Waals surface area contributed by atoms with Crippen LogP contribution in [0.3, 0.4) is 0 Å². The molecule has 13 nitrogen and oxygen atoms in total. The highest BCUT2D eigenvalue weighted by molar-refractivity contribution is 6.01. The van der Waals surface area contributed by atoms with Crippen LogP contribution in [0.25, 0.3) is 22.2 Å².